The largest absolute Gasteiger partial charge is 0.381 e. The maximum absolute atomic E-state index is 12.2. The van der Waals surface area contributed by atoms with Crippen molar-refractivity contribution >= 4 is 40.5 Å². The van der Waals surface area contributed by atoms with Crippen LogP contribution in [-0.2, 0) is 4.74 Å². The van der Waals surface area contributed by atoms with Crippen LogP contribution in [0, 0.1) is 5.92 Å². The lowest BCUT2D eigenvalue weighted by molar-refractivity contribution is 0.0620. The molecule has 138 valence electrons. The van der Waals surface area contributed by atoms with Gasteiger partial charge in [-0.15, -0.1) is 0 Å². The molecule has 26 heavy (non-hydrogen) atoms. The molecule has 1 aromatic carbocycles. The first-order valence-corrected chi connectivity index (χ1v) is 9.79. The van der Waals surface area contributed by atoms with Crippen LogP contribution < -0.4 is 10.9 Å². The zero-order valence-corrected chi connectivity index (χ0v) is 16.2. The monoisotopic (exact) mass is 413 g/mol. The summed E-state index contributed by atoms with van der Waals surface area (Å²) in [6.07, 6.45) is 6.18. The molecule has 5 nitrogen and oxygen atoms in total. The lowest BCUT2D eigenvalue weighted by Gasteiger charge is -2.34. The molecular weight excluding hydrogens is 397 g/mol. The van der Waals surface area contributed by atoms with Gasteiger partial charge in [0.15, 0.2) is 0 Å². The number of nitrogens with one attached hydrogen (secondary N) is 1. The highest BCUT2D eigenvalue weighted by atomic mass is 35.5. The van der Waals surface area contributed by atoms with Gasteiger partial charge in [-0.2, -0.15) is 9.78 Å². The summed E-state index contributed by atoms with van der Waals surface area (Å²) in [4.78, 5) is 12.2. The number of anilines is 1. The molecule has 3 atom stereocenters. The number of hydrogen-bond donors (Lipinski definition) is 1. The summed E-state index contributed by atoms with van der Waals surface area (Å²) in [5.41, 5.74) is 0.907. The normalized spacial score (nSPS) is 25.1. The Hall–Kier alpha value is -1.27. The fourth-order valence-corrected chi connectivity index (χ4v) is 4.39. The molecule has 4 rings (SSSR count). The van der Waals surface area contributed by atoms with E-state index in [1.54, 1.807) is 12.1 Å². The second-order valence-corrected chi connectivity index (χ2v) is 7.92. The summed E-state index contributed by atoms with van der Waals surface area (Å²) in [5.74, 6) is 0.527. The van der Waals surface area contributed by atoms with Gasteiger partial charge in [0.1, 0.15) is 5.02 Å². The number of benzene rings is 1. The Labute approximate surface area is 166 Å². The maximum Gasteiger partial charge on any atom is 0.291 e. The highest BCUT2D eigenvalue weighted by Crippen LogP contribution is 2.37. The third kappa shape index (κ3) is 3.33. The van der Waals surface area contributed by atoms with Gasteiger partial charge in [-0.25, -0.2) is 0 Å². The van der Waals surface area contributed by atoms with E-state index >= 15 is 0 Å². The predicted molar refractivity (Wildman–Crippen MR) is 104 cm³/mol. The molecule has 1 saturated carbocycles. The van der Waals surface area contributed by atoms with Gasteiger partial charge >= 0.3 is 0 Å². The second-order valence-electron chi connectivity index (χ2n) is 6.73. The zero-order valence-electron chi connectivity index (χ0n) is 13.9. The van der Waals surface area contributed by atoms with Crippen molar-refractivity contribution in [1.29, 1.82) is 0 Å². The van der Waals surface area contributed by atoms with Crippen LogP contribution in [0.5, 0.6) is 0 Å². The number of rotatable bonds is 3. The van der Waals surface area contributed by atoms with E-state index in [1.807, 2.05) is 6.07 Å². The molecule has 0 amide bonds. The minimum absolute atomic E-state index is 0.0607. The highest BCUT2D eigenvalue weighted by Gasteiger charge is 2.37. The Kier molecular flexibility index (Phi) is 5.15. The third-order valence-corrected chi connectivity index (χ3v) is 6.26. The van der Waals surface area contributed by atoms with E-state index < -0.39 is 5.56 Å². The average Bonchev–Trinajstić information content (AvgIpc) is 3.11. The zero-order chi connectivity index (χ0) is 18.3. The molecule has 0 radical (unpaired) electrons. The van der Waals surface area contributed by atoms with Crippen LogP contribution in [0.3, 0.4) is 0 Å². The first-order chi connectivity index (χ1) is 12.5. The quantitative estimate of drug-likeness (QED) is 0.800. The van der Waals surface area contributed by atoms with Crippen molar-refractivity contribution in [2.45, 2.75) is 37.8 Å². The lowest BCUT2D eigenvalue weighted by atomic mass is 9.81. The summed E-state index contributed by atoms with van der Waals surface area (Å²) < 4.78 is 7.01. The number of hydrogen-bond acceptors (Lipinski definition) is 4. The molecule has 2 aromatic rings. The standard InChI is InChI=1S/C18H18Cl3N3O2/c19-12-8-10(24-18(25)17(21)13(20)9-22-24)4-5-15(12)23-14-2-1-3-16-11(14)6-7-26-16/h4-5,8-9,11,14,16,23H,1-3,6-7H2. The van der Waals surface area contributed by atoms with Gasteiger partial charge in [0, 0.05) is 18.6 Å². The van der Waals surface area contributed by atoms with Crippen molar-refractivity contribution in [3.05, 3.63) is 49.8 Å². The van der Waals surface area contributed by atoms with Gasteiger partial charge < -0.3 is 10.1 Å². The molecule has 1 aliphatic carbocycles. The van der Waals surface area contributed by atoms with Crippen LogP contribution >= 0.6 is 34.8 Å². The van der Waals surface area contributed by atoms with E-state index in [1.165, 1.54) is 10.9 Å². The van der Waals surface area contributed by atoms with Crippen LogP contribution in [0.15, 0.2) is 29.2 Å². The van der Waals surface area contributed by atoms with Crippen LogP contribution in [0.2, 0.25) is 15.1 Å². The number of halogens is 3. The fraction of sp³-hybridized carbons (Fsp3) is 0.444. The van der Waals surface area contributed by atoms with Crippen molar-refractivity contribution < 1.29 is 4.74 Å². The topological polar surface area (TPSA) is 56.2 Å². The Morgan fingerprint density at radius 3 is 2.81 bits per heavy atom. The lowest BCUT2D eigenvalue weighted by Crippen LogP contribution is -2.38. The summed E-state index contributed by atoms with van der Waals surface area (Å²) in [5, 5.41) is 8.20. The van der Waals surface area contributed by atoms with Crippen molar-refractivity contribution in [2.75, 3.05) is 11.9 Å². The van der Waals surface area contributed by atoms with Crippen LogP contribution in [0.25, 0.3) is 5.69 Å². The van der Waals surface area contributed by atoms with E-state index in [2.05, 4.69) is 10.4 Å². The average molecular weight is 415 g/mol. The predicted octanol–water partition coefficient (Wildman–Crippen LogP) is 4.56. The summed E-state index contributed by atoms with van der Waals surface area (Å²) in [7, 11) is 0. The fourth-order valence-electron chi connectivity index (χ4n) is 3.90. The molecule has 8 heteroatoms. The van der Waals surface area contributed by atoms with Crippen LogP contribution in [-0.4, -0.2) is 28.5 Å². The number of aromatic nitrogens is 2. The maximum atomic E-state index is 12.2. The molecule has 0 bridgehead atoms. The number of nitrogens with zero attached hydrogens (tertiary/aromatic N) is 2. The van der Waals surface area contributed by atoms with Gasteiger partial charge in [0.25, 0.3) is 5.56 Å². The molecule has 0 spiro atoms. The van der Waals surface area contributed by atoms with Crippen LogP contribution in [0.4, 0.5) is 5.69 Å². The molecule has 2 fully saturated rings. The van der Waals surface area contributed by atoms with Gasteiger partial charge in [-0.05, 0) is 43.9 Å². The van der Waals surface area contributed by atoms with E-state index in [4.69, 9.17) is 39.5 Å². The van der Waals surface area contributed by atoms with E-state index in [0.29, 0.717) is 28.8 Å². The number of ether oxygens (including phenoxy) is 1. The van der Waals surface area contributed by atoms with Gasteiger partial charge in [-0.3, -0.25) is 4.79 Å². The molecule has 1 aromatic heterocycles. The molecule has 2 aliphatic rings. The molecule has 1 N–H and O–H groups in total. The summed E-state index contributed by atoms with van der Waals surface area (Å²) in [6.45, 7) is 0.839. The van der Waals surface area contributed by atoms with Gasteiger partial charge in [0.05, 0.1) is 33.7 Å². The van der Waals surface area contributed by atoms with E-state index in [9.17, 15) is 4.79 Å². The first kappa shape index (κ1) is 18.1. The highest BCUT2D eigenvalue weighted by molar-refractivity contribution is 6.41. The molecule has 2 heterocycles. The summed E-state index contributed by atoms with van der Waals surface area (Å²) in [6, 6.07) is 5.71. The number of fused-ring (bicyclic) bond motifs is 1. The summed E-state index contributed by atoms with van der Waals surface area (Å²) >= 11 is 18.2. The van der Waals surface area contributed by atoms with Crippen LogP contribution in [0.1, 0.15) is 25.7 Å². The van der Waals surface area contributed by atoms with Gasteiger partial charge in [0.2, 0.25) is 0 Å². The Morgan fingerprint density at radius 2 is 2.00 bits per heavy atom. The van der Waals surface area contributed by atoms with Crippen molar-refractivity contribution in [1.82, 2.24) is 9.78 Å². The molecule has 3 unspecified atom stereocenters. The smallest absolute Gasteiger partial charge is 0.291 e. The Bertz CT molecular complexity index is 886. The third-order valence-electron chi connectivity index (χ3n) is 5.20. The minimum Gasteiger partial charge on any atom is -0.381 e. The van der Waals surface area contributed by atoms with Crippen molar-refractivity contribution in [2.24, 2.45) is 5.92 Å². The van der Waals surface area contributed by atoms with Crippen molar-refractivity contribution in [3.8, 4) is 5.69 Å². The Balaban J connectivity index is 1.59. The minimum atomic E-state index is -0.478. The first-order valence-electron chi connectivity index (χ1n) is 8.66. The molecule has 1 saturated heterocycles. The van der Waals surface area contributed by atoms with Crippen molar-refractivity contribution in [3.63, 3.8) is 0 Å². The van der Waals surface area contributed by atoms with Gasteiger partial charge in [-0.1, -0.05) is 34.8 Å². The molecule has 1 aliphatic heterocycles. The van der Waals surface area contributed by atoms with E-state index in [-0.39, 0.29) is 10.0 Å². The molecular formula is C18H18Cl3N3O2. The van der Waals surface area contributed by atoms with E-state index in [0.717, 1.165) is 38.0 Å². The Morgan fingerprint density at radius 1 is 1.15 bits per heavy atom. The second kappa shape index (κ2) is 7.39. The SMILES string of the molecule is O=c1c(Cl)c(Cl)cnn1-c1ccc(NC2CCCC3OCCC23)c(Cl)c1.